The van der Waals surface area contributed by atoms with Gasteiger partial charge in [-0.25, -0.2) is 13.6 Å². The molecule has 0 unspecified atom stereocenters. The Labute approximate surface area is 93.0 Å². The van der Waals surface area contributed by atoms with Crippen LogP contribution in [-0.2, 0) is 21.4 Å². The molecule has 6 nitrogen and oxygen atoms in total. The van der Waals surface area contributed by atoms with Crippen molar-refractivity contribution in [3.8, 4) is 11.5 Å². The summed E-state index contributed by atoms with van der Waals surface area (Å²) >= 11 is 0. The molecule has 1 heterocycles. The highest BCUT2D eigenvalue weighted by Gasteiger charge is 2.25. The number of sulfonamides is 1. The molecular weight excluding hydrogens is 234 g/mol. The second kappa shape index (κ2) is 3.93. The molecule has 0 spiro atoms. The number of ether oxygens (including phenoxy) is 3. The van der Waals surface area contributed by atoms with E-state index in [2.05, 4.69) is 0 Å². The van der Waals surface area contributed by atoms with E-state index in [0.29, 0.717) is 11.3 Å². The van der Waals surface area contributed by atoms with E-state index in [1.807, 2.05) is 0 Å². The summed E-state index contributed by atoms with van der Waals surface area (Å²) in [5.74, 6) is 0.543. The van der Waals surface area contributed by atoms with Gasteiger partial charge in [-0.3, -0.25) is 0 Å². The lowest BCUT2D eigenvalue weighted by molar-refractivity contribution is 0.171. The Balaban J connectivity index is 2.58. The van der Waals surface area contributed by atoms with Crippen LogP contribution in [-0.4, -0.2) is 22.3 Å². The molecule has 2 rings (SSSR count). The van der Waals surface area contributed by atoms with Gasteiger partial charge in [0, 0.05) is 7.11 Å². The third-order valence-electron chi connectivity index (χ3n) is 2.12. The van der Waals surface area contributed by atoms with E-state index in [-0.39, 0.29) is 24.0 Å². The van der Waals surface area contributed by atoms with E-state index in [1.165, 1.54) is 13.2 Å². The van der Waals surface area contributed by atoms with Crippen LogP contribution in [0, 0.1) is 0 Å². The Morgan fingerprint density at radius 1 is 1.44 bits per heavy atom. The lowest BCUT2D eigenvalue weighted by Crippen LogP contribution is -2.13. The summed E-state index contributed by atoms with van der Waals surface area (Å²) < 4.78 is 37.8. The van der Waals surface area contributed by atoms with Gasteiger partial charge in [0.25, 0.3) is 0 Å². The predicted molar refractivity (Wildman–Crippen MR) is 54.7 cm³/mol. The van der Waals surface area contributed by atoms with Gasteiger partial charge in [-0.2, -0.15) is 0 Å². The highest BCUT2D eigenvalue weighted by molar-refractivity contribution is 7.89. The molecule has 1 aliphatic rings. The summed E-state index contributed by atoms with van der Waals surface area (Å²) in [6.45, 7) is 0.271. The topological polar surface area (TPSA) is 87.9 Å². The van der Waals surface area contributed by atoms with E-state index < -0.39 is 10.0 Å². The normalized spacial score (nSPS) is 14.1. The molecule has 88 valence electrons. The molecule has 0 aromatic heterocycles. The molecule has 0 saturated heterocycles. The number of fused-ring (bicyclic) bond motifs is 1. The monoisotopic (exact) mass is 245 g/mol. The second-order valence-electron chi connectivity index (χ2n) is 3.31. The van der Waals surface area contributed by atoms with Crippen molar-refractivity contribution in [1.29, 1.82) is 0 Å². The standard InChI is InChI=1S/C9H11NO5S/c1-13-4-6-2-7-9(15-5-14-7)8(3-6)16(10,11)12/h2-3H,4-5H2,1H3,(H2,10,11,12). The molecule has 0 saturated carbocycles. The van der Waals surface area contributed by atoms with E-state index in [4.69, 9.17) is 19.3 Å². The van der Waals surface area contributed by atoms with Crippen LogP contribution in [0.15, 0.2) is 17.0 Å². The number of nitrogens with two attached hydrogens (primary N) is 1. The number of hydrogen-bond donors (Lipinski definition) is 1. The maximum atomic E-state index is 11.4. The Hall–Kier alpha value is -1.31. The van der Waals surface area contributed by atoms with Gasteiger partial charge >= 0.3 is 0 Å². The minimum atomic E-state index is -3.83. The highest BCUT2D eigenvalue weighted by atomic mass is 32.2. The van der Waals surface area contributed by atoms with Gasteiger partial charge in [-0.05, 0) is 17.7 Å². The molecule has 0 amide bonds. The molecule has 16 heavy (non-hydrogen) atoms. The first-order valence-corrected chi connectivity index (χ1v) is 6.01. The number of primary sulfonamides is 1. The van der Waals surface area contributed by atoms with Crippen LogP contribution in [0.3, 0.4) is 0 Å². The van der Waals surface area contributed by atoms with Crippen LogP contribution in [0.5, 0.6) is 11.5 Å². The van der Waals surface area contributed by atoms with Crippen molar-refractivity contribution in [1.82, 2.24) is 0 Å². The molecular formula is C9H11NO5S. The lowest BCUT2D eigenvalue weighted by atomic mass is 10.2. The Morgan fingerprint density at radius 2 is 2.19 bits per heavy atom. The minimum Gasteiger partial charge on any atom is -0.454 e. The zero-order valence-corrected chi connectivity index (χ0v) is 9.41. The van der Waals surface area contributed by atoms with Gasteiger partial charge in [0.15, 0.2) is 11.5 Å². The zero-order valence-electron chi connectivity index (χ0n) is 8.60. The quantitative estimate of drug-likeness (QED) is 0.822. The van der Waals surface area contributed by atoms with Crippen LogP contribution >= 0.6 is 0 Å². The van der Waals surface area contributed by atoms with Crippen LogP contribution in [0.25, 0.3) is 0 Å². The number of hydrogen-bond acceptors (Lipinski definition) is 5. The smallest absolute Gasteiger partial charge is 0.241 e. The number of benzene rings is 1. The fourth-order valence-electron chi connectivity index (χ4n) is 1.49. The molecule has 0 bridgehead atoms. The van der Waals surface area contributed by atoms with Crippen molar-refractivity contribution in [2.75, 3.05) is 13.9 Å². The summed E-state index contributed by atoms with van der Waals surface area (Å²) in [5.41, 5.74) is 0.663. The first kappa shape index (κ1) is 11.2. The first-order chi connectivity index (χ1) is 7.52. The molecule has 0 fully saturated rings. The van der Waals surface area contributed by atoms with Gasteiger partial charge in [-0.1, -0.05) is 0 Å². The van der Waals surface area contributed by atoms with Crippen molar-refractivity contribution in [3.05, 3.63) is 17.7 Å². The van der Waals surface area contributed by atoms with Gasteiger partial charge in [0.05, 0.1) is 6.61 Å². The van der Waals surface area contributed by atoms with Crippen LogP contribution < -0.4 is 14.6 Å². The molecule has 0 radical (unpaired) electrons. The molecule has 0 atom stereocenters. The van der Waals surface area contributed by atoms with Gasteiger partial charge in [-0.15, -0.1) is 0 Å². The summed E-state index contributed by atoms with van der Waals surface area (Å²) in [7, 11) is -2.31. The third kappa shape index (κ3) is 1.97. The van der Waals surface area contributed by atoms with Gasteiger partial charge in [0.2, 0.25) is 16.8 Å². The van der Waals surface area contributed by atoms with Gasteiger partial charge in [0.1, 0.15) is 4.90 Å². The van der Waals surface area contributed by atoms with Crippen molar-refractivity contribution in [2.45, 2.75) is 11.5 Å². The Morgan fingerprint density at radius 3 is 2.81 bits per heavy atom. The third-order valence-corrected chi connectivity index (χ3v) is 3.03. The summed E-state index contributed by atoms with van der Waals surface area (Å²) in [5, 5.41) is 5.09. The van der Waals surface area contributed by atoms with Crippen molar-refractivity contribution in [2.24, 2.45) is 5.14 Å². The molecule has 1 aromatic carbocycles. The Bertz CT molecular complexity index is 511. The van der Waals surface area contributed by atoms with Gasteiger partial charge < -0.3 is 14.2 Å². The number of rotatable bonds is 3. The summed E-state index contributed by atoms with van der Waals surface area (Å²) in [6, 6.07) is 3.09. The average molecular weight is 245 g/mol. The summed E-state index contributed by atoms with van der Waals surface area (Å²) in [4.78, 5) is -0.0745. The van der Waals surface area contributed by atoms with E-state index >= 15 is 0 Å². The predicted octanol–water partition coefficient (Wildman–Crippen LogP) is 0.209. The van der Waals surface area contributed by atoms with E-state index in [0.717, 1.165) is 0 Å². The highest BCUT2D eigenvalue weighted by Crippen LogP contribution is 2.38. The van der Waals surface area contributed by atoms with Crippen LogP contribution in [0.4, 0.5) is 0 Å². The Kier molecular flexibility index (Phi) is 2.75. The summed E-state index contributed by atoms with van der Waals surface area (Å²) in [6.07, 6.45) is 0. The minimum absolute atomic E-state index is 0.00567. The fourth-order valence-corrected chi connectivity index (χ4v) is 2.23. The first-order valence-electron chi connectivity index (χ1n) is 4.46. The number of methoxy groups -OCH3 is 1. The van der Waals surface area contributed by atoms with Crippen molar-refractivity contribution >= 4 is 10.0 Å². The molecule has 0 aliphatic carbocycles. The zero-order chi connectivity index (χ0) is 11.8. The second-order valence-corrected chi connectivity index (χ2v) is 4.84. The maximum Gasteiger partial charge on any atom is 0.241 e. The van der Waals surface area contributed by atoms with Crippen LogP contribution in [0.2, 0.25) is 0 Å². The van der Waals surface area contributed by atoms with Crippen LogP contribution in [0.1, 0.15) is 5.56 Å². The average Bonchev–Trinajstić information content (AvgIpc) is 2.63. The molecule has 2 N–H and O–H groups in total. The molecule has 1 aliphatic heterocycles. The van der Waals surface area contributed by atoms with Crippen molar-refractivity contribution in [3.63, 3.8) is 0 Å². The van der Waals surface area contributed by atoms with E-state index in [1.54, 1.807) is 6.07 Å². The van der Waals surface area contributed by atoms with E-state index in [9.17, 15) is 8.42 Å². The molecule has 1 aromatic rings. The largest absolute Gasteiger partial charge is 0.454 e. The van der Waals surface area contributed by atoms with Crippen molar-refractivity contribution < 1.29 is 22.6 Å². The maximum absolute atomic E-state index is 11.4. The lowest BCUT2D eigenvalue weighted by Gasteiger charge is -2.06. The fraction of sp³-hybridized carbons (Fsp3) is 0.333. The molecule has 7 heteroatoms. The SMILES string of the molecule is COCc1cc2c(c(S(N)(=O)=O)c1)OCO2.